The van der Waals surface area contributed by atoms with Crippen molar-refractivity contribution in [2.24, 2.45) is 0 Å². The summed E-state index contributed by atoms with van der Waals surface area (Å²) >= 11 is 0. The molecular formula is C23H22N3O4+. The SMILES string of the molecule is COc1ccc(NC(=O)c2ccc(NC(=O)C[n+]3cccc(C(C)=O)c3)cc2)cc1. The van der Waals surface area contributed by atoms with Gasteiger partial charge in [-0.15, -0.1) is 0 Å². The molecule has 2 aromatic carbocycles. The predicted octanol–water partition coefficient (Wildman–Crippen LogP) is 3.08. The van der Waals surface area contributed by atoms with Gasteiger partial charge in [0.05, 0.1) is 12.7 Å². The summed E-state index contributed by atoms with van der Waals surface area (Å²) in [5.41, 5.74) is 2.23. The smallest absolute Gasteiger partial charge is 0.290 e. The second-order valence-corrected chi connectivity index (χ2v) is 6.63. The van der Waals surface area contributed by atoms with Gasteiger partial charge in [0.1, 0.15) is 5.75 Å². The predicted molar refractivity (Wildman–Crippen MR) is 113 cm³/mol. The molecule has 0 atom stereocenters. The molecule has 0 aliphatic heterocycles. The Morgan fingerprint density at radius 1 is 0.867 bits per heavy atom. The van der Waals surface area contributed by atoms with Crippen molar-refractivity contribution in [3.05, 3.63) is 84.2 Å². The lowest BCUT2D eigenvalue weighted by Crippen LogP contribution is -2.40. The van der Waals surface area contributed by atoms with Crippen molar-refractivity contribution in [3.8, 4) is 5.75 Å². The van der Waals surface area contributed by atoms with Gasteiger partial charge in [-0.3, -0.25) is 14.4 Å². The van der Waals surface area contributed by atoms with E-state index in [9.17, 15) is 14.4 Å². The molecule has 1 heterocycles. The number of ketones is 1. The Bertz CT molecular complexity index is 1060. The third-order valence-corrected chi connectivity index (χ3v) is 4.37. The van der Waals surface area contributed by atoms with Crippen LogP contribution in [-0.4, -0.2) is 24.7 Å². The standard InChI is InChI=1S/C23H21N3O4/c1-16(27)18-4-3-13-26(14-18)15-22(28)24-19-7-5-17(6-8-19)23(29)25-20-9-11-21(30-2)12-10-20/h3-14H,15H2,1-2H3,(H-,24,25,28,29)/p+1. The van der Waals surface area contributed by atoms with Crippen molar-refractivity contribution in [3.63, 3.8) is 0 Å². The zero-order valence-electron chi connectivity index (χ0n) is 16.7. The molecule has 2 N–H and O–H groups in total. The number of pyridine rings is 1. The molecule has 152 valence electrons. The van der Waals surface area contributed by atoms with Crippen LogP contribution in [0.15, 0.2) is 73.1 Å². The maximum Gasteiger partial charge on any atom is 0.290 e. The van der Waals surface area contributed by atoms with Crippen molar-refractivity contribution in [1.82, 2.24) is 0 Å². The van der Waals surface area contributed by atoms with E-state index in [4.69, 9.17) is 4.74 Å². The van der Waals surface area contributed by atoms with Crippen molar-refractivity contribution in [1.29, 1.82) is 0 Å². The highest BCUT2D eigenvalue weighted by Crippen LogP contribution is 2.16. The van der Waals surface area contributed by atoms with Gasteiger partial charge in [-0.25, -0.2) is 0 Å². The number of aromatic nitrogens is 1. The molecule has 0 aliphatic carbocycles. The van der Waals surface area contributed by atoms with Crippen LogP contribution in [0, 0.1) is 0 Å². The third kappa shape index (κ3) is 5.51. The number of hydrogen-bond donors (Lipinski definition) is 2. The van der Waals surface area contributed by atoms with Gasteiger partial charge in [0.25, 0.3) is 11.8 Å². The Hall–Kier alpha value is -4.00. The summed E-state index contributed by atoms with van der Waals surface area (Å²) in [6.07, 6.45) is 3.35. The minimum atomic E-state index is -0.255. The van der Waals surface area contributed by atoms with E-state index in [0.717, 1.165) is 0 Å². The Balaban J connectivity index is 1.58. The second kappa shape index (κ2) is 9.47. The molecule has 3 aromatic rings. The zero-order valence-corrected chi connectivity index (χ0v) is 16.7. The third-order valence-electron chi connectivity index (χ3n) is 4.37. The molecule has 2 amide bonds. The monoisotopic (exact) mass is 404 g/mol. The van der Waals surface area contributed by atoms with E-state index in [1.807, 2.05) is 0 Å². The van der Waals surface area contributed by atoms with Gasteiger partial charge in [-0.2, -0.15) is 4.57 Å². The fraction of sp³-hybridized carbons (Fsp3) is 0.130. The number of nitrogens with one attached hydrogen (secondary N) is 2. The number of methoxy groups -OCH3 is 1. The number of carbonyl (C=O) groups excluding carboxylic acids is 3. The summed E-state index contributed by atoms with van der Waals surface area (Å²) in [6.45, 7) is 1.55. The average Bonchev–Trinajstić information content (AvgIpc) is 2.75. The molecule has 0 saturated heterocycles. The van der Waals surface area contributed by atoms with Crippen LogP contribution < -0.4 is 19.9 Å². The molecular weight excluding hydrogens is 382 g/mol. The normalized spacial score (nSPS) is 10.2. The van der Waals surface area contributed by atoms with Crippen molar-refractivity contribution < 1.29 is 23.7 Å². The first-order valence-electron chi connectivity index (χ1n) is 9.30. The van der Waals surface area contributed by atoms with E-state index in [1.54, 1.807) is 84.7 Å². The van der Waals surface area contributed by atoms with Crippen LogP contribution in [0.1, 0.15) is 27.6 Å². The number of amides is 2. The van der Waals surface area contributed by atoms with Gasteiger partial charge in [0, 0.05) is 23.0 Å². The first-order valence-corrected chi connectivity index (χ1v) is 9.30. The number of benzene rings is 2. The Labute approximate surface area is 174 Å². The summed E-state index contributed by atoms with van der Waals surface area (Å²) < 4.78 is 6.74. The van der Waals surface area contributed by atoms with Crippen molar-refractivity contribution >= 4 is 29.0 Å². The molecule has 0 saturated carbocycles. The van der Waals surface area contributed by atoms with Crippen LogP contribution in [0.25, 0.3) is 0 Å². The molecule has 3 rings (SSSR count). The summed E-state index contributed by atoms with van der Waals surface area (Å²) in [5, 5.41) is 5.58. The Morgan fingerprint density at radius 3 is 2.13 bits per heavy atom. The largest absolute Gasteiger partial charge is 0.497 e. The molecule has 7 nitrogen and oxygen atoms in total. The number of rotatable bonds is 7. The van der Waals surface area contributed by atoms with E-state index in [1.165, 1.54) is 6.92 Å². The first-order chi connectivity index (χ1) is 14.4. The number of nitrogens with zero attached hydrogens (tertiary/aromatic N) is 1. The van der Waals surface area contributed by atoms with Gasteiger partial charge in [0.2, 0.25) is 6.54 Å². The van der Waals surface area contributed by atoms with Gasteiger partial charge < -0.3 is 15.4 Å². The van der Waals surface area contributed by atoms with Crippen LogP contribution in [0.2, 0.25) is 0 Å². The molecule has 0 radical (unpaired) electrons. The lowest BCUT2D eigenvalue weighted by Gasteiger charge is -2.08. The second-order valence-electron chi connectivity index (χ2n) is 6.63. The molecule has 7 heteroatoms. The lowest BCUT2D eigenvalue weighted by atomic mass is 10.2. The van der Waals surface area contributed by atoms with Gasteiger partial charge >= 0.3 is 0 Å². The molecule has 0 unspecified atom stereocenters. The fourth-order valence-corrected chi connectivity index (χ4v) is 2.78. The van der Waals surface area contributed by atoms with Crippen molar-refractivity contribution in [2.45, 2.75) is 13.5 Å². The Morgan fingerprint density at radius 2 is 1.50 bits per heavy atom. The zero-order chi connectivity index (χ0) is 21.5. The Kier molecular flexibility index (Phi) is 6.54. The minimum absolute atomic E-state index is 0.0618. The number of anilines is 2. The van der Waals surface area contributed by atoms with Gasteiger partial charge in [-0.05, 0) is 61.5 Å². The van der Waals surface area contributed by atoms with Gasteiger partial charge in [-0.1, -0.05) is 0 Å². The van der Waals surface area contributed by atoms with E-state index in [-0.39, 0.29) is 24.1 Å². The fourth-order valence-electron chi connectivity index (χ4n) is 2.78. The number of Topliss-reactive ketones (excluding diaryl/α,β-unsaturated/α-hetero) is 1. The van der Waals surface area contributed by atoms with Crippen LogP contribution >= 0.6 is 0 Å². The summed E-state index contributed by atoms with van der Waals surface area (Å²) in [7, 11) is 1.58. The molecule has 1 aromatic heterocycles. The number of hydrogen-bond acceptors (Lipinski definition) is 4. The lowest BCUT2D eigenvalue weighted by molar-refractivity contribution is -0.684. The van der Waals surface area contributed by atoms with E-state index in [0.29, 0.717) is 28.3 Å². The first kappa shape index (κ1) is 20.7. The summed E-state index contributed by atoms with van der Waals surface area (Å²) in [6, 6.07) is 17.1. The molecule has 30 heavy (non-hydrogen) atoms. The molecule has 0 spiro atoms. The minimum Gasteiger partial charge on any atom is -0.497 e. The van der Waals surface area contributed by atoms with E-state index in [2.05, 4.69) is 10.6 Å². The van der Waals surface area contributed by atoms with Crippen LogP contribution in [-0.2, 0) is 11.3 Å². The maximum absolute atomic E-state index is 12.4. The highest BCUT2D eigenvalue weighted by atomic mass is 16.5. The van der Waals surface area contributed by atoms with Crippen LogP contribution in [0.4, 0.5) is 11.4 Å². The summed E-state index contributed by atoms with van der Waals surface area (Å²) in [4.78, 5) is 36.1. The van der Waals surface area contributed by atoms with E-state index < -0.39 is 0 Å². The highest BCUT2D eigenvalue weighted by Gasteiger charge is 2.13. The quantitative estimate of drug-likeness (QED) is 0.468. The van der Waals surface area contributed by atoms with Gasteiger partial charge in [0.15, 0.2) is 18.2 Å². The maximum atomic E-state index is 12.4. The summed E-state index contributed by atoms with van der Waals surface area (Å²) in [5.74, 6) is 0.151. The number of ether oxygens (including phenoxy) is 1. The topological polar surface area (TPSA) is 88.4 Å². The van der Waals surface area contributed by atoms with Crippen LogP contribution in [0.3, 0.4) is 0 Å². The van der Waals surface area contributed by atoms with Crippen molar-refractivity contribution in [2.75, 3.05) is 17.7 Å². The van der Waals surface area contributed by atoms with Crippen LogP contribution in [0.5, 0.6) is 5.75 Å². The molecule has 0 bridgehead atoms. The molecule has 0 aliphatic rings. The number of carbonyl (C=O) groups is 3. The average molecular weight is 404 g/mol. The molecule has 0 fully saturated rings. The highest BCUT2D eigenvalue weighted by molar-refractivity contribution is 6.04. The van der Waals surface area contributed by atoms with E-state index >= 15 is 0 Å².